The number of aryl methyl sites for hydroxylation is 1. The lowest BCUT2D eigenvalue weighted by Gasteiger charge is -2.11. The van der Waals surface area contributed by atoms with Crippen LogP contribution in [0.2, 0.25) is 0 Å². The van der Waals surface area contributed by atoms with E-state index in [1.165, 1.54) is 24.7 Å². The number of fused-ring (bicyclic) bond motifs is 1. The topological polar surface area (TPSA) is 114 Å². The van der Waals surface area contributed by atoms with Gasteiger partial charge in [-0.15, -0.1) is 11.3 Å². The molecule has 0 unspecified atom stereocenters. The van der Waals surface area contributed by atoms with Gasteiger partial charge in [0.15, 0.2) is 0 Å². The van der Waals surface area contributed by atoms with E-state index in [4.69, 9.17) is 4.74 Å². The molecule has 0 fully saturated rings. The van der Waals surface area contributed by atoms with Crippen molar-refractivity contribution >= 4 is 28.5 Å². The zero-order valence-corrected chi connectivity index (χ0v) is 17.7. The fraction of sp³-hybridized carbons (Fsp3) is 0.273. The molecule has 2 aromatic heterocycles. The molecular weight excluding hydrogens is 418 g/mol. The number of nitrogens with one attached hydrogen (secondary N) is 1. The van der Waals surface area contributed by atoms with Crippen LogP contribution in [-0.4, -0.2) is 34.0 Å². The van der Waals surface area contributed by atoms with Crippen molar-refractivity contribution in [1.29, 1.82) is 0 Å². The molecule has 3 aromatic rings. The summed E-state index contributed by atoms with van der Waals surface area (Å²) in [6.07, 6.45) is 4.87. The minimum Gasteiger partial charge on any atom is -0.494 e. The van der Waals surface area contributed by atoms with Crippen molar-refractivity contribution in [2.75, 3.05) is 7.11 Å². The van der Waals surface area contributed by atoms with E-state index in [9.17, 15) is 19.5 Å². The summed E-state index contributed by atoms with van der Waals surface area (Å²) in [5.74, 6) is -0.957. The Labute approximate surface area is 181 Å². The summed E-state index contributed by atoms with van der Waals surface area (Å²) in [4.78, 5) is 44.6. The van der Waals surface area contributed by atoms with E-state index >= 15 is 0 Å². The van der Waals surface area contributed by atoms with Gasteiger partial charge in [-0.1, -0.05) is 30.3 Å². The molecule has 8 nitrogen and oxygen atoms in total. The molecule has 31 heavy (non-hydrogen) atoms. The van der Waals surface area contributed by atoms with Gasteiger partial charge in [-0.25, -0.2) is 14.6 Å². The number of aromatic amines is 1. The van der Waals surface area contributed by atoms with Gasteiger partial charge in [-0.05, 0) is 36.8 Å². The number of aromatic hydroxyl groups is 1. The maximum absolute atomic E-state index is 12.4. The van der Waals surface area contributed by atoms with Crippen molar-refractivity contribution in [1.82, 2.24) is 9.55 Å². The highest BCUT2D eigenvalue weighted by molar-refractivity contribution is 7.16. The third kappa shape index (κ3) is 4.09. The lowest BCUT2D eigenvalue weighted by Crippen LogP contribution is -2.32. The summed E-state index contributed by atoms with van der Waals surface area (Å²) >= 11 is 1.39. The molecule has 0 atom stereocenters. The van der Waals surface area contributed by atoms with Crippen molar-refractivity contribution in [2.24, 2.45) is 4.99 Å². The minimum absolute atomic E-state index is 0.0871. The zero-order chi connectivity index (χ0) is 22.0. The monoisotopic (exact) mass is 439 g/mol. The molecule has 2 heterocycles. The summed E-state index contributed by atoms with van der Waals surface area (Å²) in [6.45, 7) is 0.0871. The van der Waals surface area contributed by atoms with Gasteiger partial charge in [0.2, 0.25) is 5.88 Å². The van der Waals surface area contributed by atoms with Gasteiger partial charge >= 0.3 is 11.7 Å². The summed E-state index contributed by atoms with van der Waals surface area (Å²) in [5.41, 5.74) is 0.516. The standard InChI is InChI=1S/C22H21N3O5S/c1-30-21(28)17-14-9-5-6-10-16(14)31-19(17)23-11-15-18(26)24-22(29)25(20(15)27)12-13-7-3-2-4-8-13/h2-4,7-8,11,27H,5-6,9-10,12H2,1H3,(H,24,26,29). The fourth-order valence-electron chi connectivity index (χ4n) is 3.68. The molecule has 0 amide bonds. The van der Waals surface area contributed by atoms with Crippen molar-refractivity contribution in [3.8, 4) is 5.88 Å². The lowest BCUT2D eigenvalue weighted by molar-refractivity contribution is 0.0601. The summed E-state index contributed by atoms with van der Waals surface area (Å²) in [6, 6.07) is 9.10. The Kier molecular flexibility index (Phi) is 5.85. The van der Waals surface area contributed by atoms with Crippen LogP contribution in [0.1, 0.15) is 44.8 Å². The molecule has 4 rings (SSSR count). The normalized spacial score (nSPS) is 13.3. The van der Waals surface area contributed by atoms with Gasteiger partial charge in [0, 0.05) is 11.1 Å². The Hall–Kier alpha value is -3.46. The summed E-state index contributed by atoms with van der Waals surface area (Å²) in [5, 5.41) is 11.1. The molecule has 0 bridgehead atoms. The van der Waals surface area contributed by atoms with Crippen LogP contribution in [0.25, 0.3) is 0 Å². The van der Waals surface area contributed by atoms with Gasteiger partial charge in [0.05, 0.1) is 19.2 Å². The number of nitrogens with zero attached hydrogens (tertiary/aromatic N) is 2. The number of esters is 1. The first-order valence-corrected chi connectivity index (χ1v) is 10.7. The molecule has 2 N–H and O–H groups in total. The van der Waals surface area contributed by atoms with E-state index in [1.807, 2.05) is 30.3 Å². The summed E-state index contributed by atoms with van der Waals surface area (Å²) in [7, 11) is 1.32. The van der Waals surface area contributed by atoms with Crippen LogP contribution in [-0.2, 0) is 24.1 Å². The number of rotatable bonds is 5. The van der Waals surface area contributed by atoms with Crippen LogP contribution in [0.15, 0.2) is 44.9 Å². The van der Waals surface area contributed by atoms with Gasteiger partial charge in [0.25, 0.3) is 5.56 Å². The van der Waals surface area contributed by atoms with Crippen LogP contribution in [0, 0.1) is 0 Å². The van der Waals surface area contributed by atoms with Gasteiger partial charge in [0.1, 0.15) is 10.6 Å². The number of aliphatic imine (C=N–C) groups is 1. The minimum atomic E-state index is -0.753. The maximum atomic E-state index is 12.4. The quantitative estimate of drug-likeness (QED) is 0.469. The number of methoxy groups -OCH3 is 1. The number of H-pyrrole nitrogens is 1. The predicted molar refractivity (Wildman–Crippen MR) is 118 cm³/mol. The Morgan fingerprint density at radius 2 is 2.00 bits per heavy atom. The number of benzene rings is 1. The molecule has 160 valence electrons. The number of ether oxygens (including phenoxy) is 1. The van der Waals surface area contributed by atoms with Crippen molar-refractivity contribution < 1.29 is 14.6 Å². The molecule has 1 aromatic carbocycles. The largest absolute Gasteiger partial charge is 0.494 e. The molecule has 0 radical (unpaired) electrons. The number of carbonyl (C=O) groups is 1. The molecule has 0 spiro atoms. The average Bonchev–Trinajstić information content (AvgIpc) is 3.15. The second kappa shape index (κ2) is 8.73. The van der Waals surface area contributed by atoms with Gasteiger partial charge < -0.3 is 9.84 Å². The van der Waals surface area contributed by atoms with Crippen molar-refractivity contribution in [3.05, 3.63) is 78.3 Å². The molecule has 1 aliphatic rings. The van der Waals surface area contributed by atoms with Crippen LogP contribution in [0.3, 0.4) is 0 Å². The van der Waals surface area contributed by atoms with Crippen LogP contribution >= 0.6 is 11.3 Å². The molecule has 0 aliphatic heterocycles. The number of carbonyl (C=O) groups excluding carboxylic acids is 1. The Bertz CT molecular complexity index is 1270. The number of hydrogen-bond donors (Lipinski definition) is 2. The van der Waals surface area contributed by atoms with E-state index < -0.39 is 23.1 Å². The summed E-state index contributed by atoms with van der Waals surface area (Å²) < 4.78 is 6.00. The van der Waals surface area contributed by atoms with Crippen molar-refractivity contribution in [2.45, 2.75) is 32.2 Å². The Morgan fingerprint density at radius 3 is 2.74 bits per heavy atom. The highest BCUT2D eigenvalue weighted by Crippen LogP contribution is 2.40. The average molecular weight is 439 g/mol. The van der Waals surface area contributed by atoms with E-state index in [2.05, 4.69) is 9.98 Å². The van der Waals surface area contributed by atoms with Crippen LogP contribution in [0.5, 0.6) is 5.88 Å². The molecule has 9 heteroatoms. The first-order valence-electron chi connectivity index (χ1n) is 9.86. The molecular formula is C22H21N3O5S. The Morgan fingerprint density at radius 1 is 1.26 bits per heavy atom. The van der Waals surface area contributed by atoms with E-state index in [0.29, 0.717) is 10.6 Å². The van der Waals surface area contributed by atoms with E-state index in [1.54, 1.807) is 0 Å². The van der Waals surface area contributed by atoms with Crippen molar-refractivity contribution in [3.63, 3.8) is 0 Å². The first kappa shape index (κ1) is 20.8. The van der Waals surface area contributed by atoms with Crippen LogP contribution < -0.4 is 11.2 Å². The lowest BCUT2D eigenvalue weighted by atomic mass is 9.95. The first-order chi connectivity index (χ1) is 15.0. The van der Waals surface area contributed by atoms with E-state index in [0.717, 1.165) is 46.3 Å². The third-order valence-corrected chi connectivity index (χ3v) is 6.44. The highest BCUT2D eigenvalue weighted by atomic mass is 32.1. The second-order valence-electron chi connectivity index (χ2n) is 7.21. The third-order valence-electron chi connectivity index (χ3n) is 5.24. The van der Waals surface area contributed by atoms with Crippen LogP contribution in [0.4, 0.5) is 5.00 Å². The molecule has 1 aliphatic carbocycles. The number of thiophene rings is 1. The molecule has 0 saturated carbocycles. The fourth-order valence-corrected chi connectivity index (χ4v) is 4.90. The van der Waals surface area contributed by atoms with E-state index in [-0.39, 0.29) is 12.1 Å². The maximum Gasteiger partial charge on any atom is 0.341 e. The second-order valence-corrected chi connectivity index (χ2v) is 8.29. The molecule has 0 saturated heterocycles. The van der Waals surface area contributed by atoms with Gasteiger partial charge in [-0.2, -0.15) is 0 Å². The predicted octanol–water partition coefficient (Wildman–Crippen LogP) is 2.77. The Balaban J connectivity index is 1.76. The number of hydrogen-bond acceptors (Lipinski definition) is 7. The van der Waals surface area contributed by atoms with Gasteiger partial charge in [-0.3, -0.25) is 14.3 Å². The number of aromatic nitrogens is 2. The zero-order valence-electron chi connectivity index (χ0n) is 16.9. The smallest absolute Gasteiger partial charge is 0.341 e. The highest BCUT2D eigenvalue weighted by Gasteiger charge is 2.26. The SMILES string of the molecule is COC(=O)c1c(N=Cc2c(O)n(Cc3ccccc3)c(=O)[nH]c2=O)sc2c1CCCC2.